The number of carbonyl (C=O) groups excluding carboxylic acids is 1. The molecule has 1 aromatic heterocycles. The van der Waals surface area contributed by atoms with Gasteiger partial charge in [0.2, 0.25) is 21.9 Å². The van der Waals surface area contributed by atoms with Gasteiger partial charge in [-0.3, -0.25) is 4.79 Å². The van der Waals surface area contributed by atoms with Crippen LogP contribution >= 0.6 is 11.6 Å². The normalized spacial score (nSPS) is 15.4. The summed E-state index contributed by atoms with van der Waals surface area (Å²) in [6.07, 6.45) is 4.31. The third-order valence-corrected chi connectivity index (χ3v) is 7.58. The van der Waals surface area contributed by atoms with Crippen molar-refractivity contribution < 1.29 is 13.2 Å². The molecule has 0 unspecified atom stereocenters. The zero-order chi connectivity index (χ0) is 23.9. The topological polar surface area (TPSA) is 125 Å². The van der Waals surface area contributed by atoms with Gasteiger partial charge >= 0.3 is 0 Å². The smallest absolute Gasteiger partial charge is 0.241 e. The monoisotopic (exact) mass is 498 g/mol. The summed E-state index contributed by atoms with van der Waals surface area (Å²) in [4.78, 5) is 20.5. The lowest BCUT2D eigenvalue weighted by Crippen LogP contribution is -2.26. The van der Waals surface area contributed by atoms with Gasteiger partial charge in [-0.1, -0.05) is 17.7 Å². The average molecular weight is 499 g/mol. The Kier molecular flexibility index (Phi) is 5.88. The number of rotatable bonds is 7. The van der Waals surface area contributed by atoms with E-state index in [4.69, 9.17) is 11.6 Å². The fourth-order valence-electron chi connectivity index (χ4n) is 3.69. The molecule has 2 aromatic carbocycles. The first-order chi connectivity index (χ1) is 16.3. The highest BCUT2D eigenvalue weighted by Gasteiger charge is 2.29. The SMILES string of the molecule is Cc1ccc(Nc2ncc(Cl)c(Nc3ccc4c(c3)CCC(=O)N4)n2)cc1S(=O)(=O)NC1CC1. The van der Waals surface area contributed by atoms with Crippen molar-refractivity contribution >= 4 is 56.4 Å². The molecule has 9 nitrogen and oxygen atoms in total. The Morgan fingerprint density at radius 2 is 1.82 bits per heavy atom. The van der Waals surface area contributed by atoms with Gasteiger partial charge in [-0.15, -0.1) is 0 Å². The number of halogens is 1. The number of fused-ring (bicyclic) bond motifs is 1. The van der Waals surface area contributed by atoms with Crippen molar-refractivity contribution in [2.45, 2.75) is 43.5 Å². The molecule has 11 heteroatoms. The lowest BCUT2D eigenvalue weighted by molar-refractivity contribution is -0.116. The highest BCUT2D eigenvalue weighted by Crippen LogP contribution is 2.30. The second kappa shape index (κ2) is 8.86. The van der Waals surface area contributed by atoms with Crippen LogP contribution in [0.2, 0.25) is 5.02 Å². The third kappa shape index (κ3) is 4.98. The standard InChI is InChI=1S/C23H23ClN6O3S/c1-13-2-4-17(11-20(13)34(32,33)30-15-5-6-15)27-23-25-12-18(24)22(29-23)26-16-7-8-19-14(10-16)3-9-21(31)28-19/h2,4,7-8,10-12,15,30H,3,5-6,9H2,1H3,(H,28,31)(H2,25,26,27,29). The molecule has 1 saturated carbocycles. The molecule has 1 aliphatic heterocycles. The van der Waals surface area contributed by atoms with E-state index in [-0.39, 0.29) is 22.8 Å². The van der Waals surface area contributed by atoms with Gasteiger partial charge in [-0.05, 0) is 67.6 Å². The van der Waals surface area contributed by atoms with E-state index in [1.54, 1.807) is 25.1 Å². The minimum absolute atomic E-state index is 0.0122. The van der Waals surface area contributed by atoms with Crippen LogP contribution in [-0.4, -0.2) is 30.3 Å². The van der Waals surface area contributed by atoms with E-state index >= 15 is 0 Å². The summed E-state index contributed by atoms with van der Waals surface area (Å²) in [5.41, 5.74) is 3.80. The van der Waals surface area contributed by atoms with Gasteiger partial charge in [0, 0.05) is 29.5 Å². The van der Waals surface area contributed by atoms with E-state index < -0.39 is 10.0 Å². The zero-order valence-corrected chi connectivity index (χ0v) is 19.9. The van der Waals surface area contributed by atoms with Crippen LogP contribution in [0.25, 0.3) is 0 Å². The van der Waals surface area contributed by atoms with Crippen LogP contribution in [0.5, 0.6) is 0 Å². The van der Waals surface area contributed by atoms with Gasteiger partial charge in [0.05, 0.1) is 11.1 Å². The summed E-state index contributed by atoms with van der Waals surface area (Å²) in [6, 6.07) is 10.7. The minimum atomic E-state index is -3.60. The molecule has 3 aromatic rings. The molecule has 1 aliphatic carbocycles. The number of amides is 1. The summed E-state index contributed by atoms with van der Waals surface area (Å²) in [5.74, 6) is 0.673. The third-order valence-electron chi connectivity index (χ3n) is 5.64. The first-order valence-corrected chi connectivity index (χ1v) is 12.8. The van der Waals surface area contributed by atoms with Crippen LogP contribution in [0, 0.1) is 6.92 Å². The Morgan fingerprint density at radius 3 is 2.62 bits per heavy atom. The number of hydrogen-bond donors (Lipinski definition) is 4. The van der Waals surface area contributed by atoms with E-state index in [1.165, 1.54) is 6.20 Å². The van der Waals surface area contributed by atoms with E-state index in [9.17, 15) is 13.2 Å². The number of anilines is 5. The molecule has 176 valence electrons. The fourth-order valence-corrected chi connectivity index (χ4v) is 5.41. The van der Waals surface area contributed by atoms with Crippen molar-refractivity contribution in [1.82, 2.24) is 14.7 Å². The minimum Gasteiger partial charge on any atom is -0.339 e. The van der Waals surface area contributed by atoms with Crippen LogP contribution in [0.4, 0.5) is 28.8 Å². The molecule has 1 amide bonds. The highest BCUT2D eigenvalue weighted by atomic mass is 35.5. The number of nitrogens with zero attached hydrogens (tertiary/aromatic N) is 2. The molecule has 0 spiro atoms. The average Bonchev–Trinajstić information content (AvgIpc) is 3.60. The molecule has 0 atom stereocenters. The van der Waals surface area contributed by atoms with Gasteiger partial charge in [0.1, 0.15) is 5.02 Å². The van der Waals surface area contributed by atoms with Crippen molar-refractivity contribution in [2.75, 3.05) is 16.0 Å². The molecule has 0 bridgehead atoms. The molecule has 1 fully saturated rings. The number of hydrogen-bond acceptors (Lipinski definition) is 7. The van der Waals surface area contributed by atoms with Crippen molar-refractivity contribution in [3.05, 3.63) is 58.7 Å². The molecular weight excluding hydrogens is 476 g/mol. The highest BCUT2D eigenvalue weighted by molar-refractivity contribution is 7.89. The summed E-state index contributed by atoms with van der Waals surface area (Å²) in [5, 5.41) is 9.44. The van der Waals surface area contributed by atoms with Gasteiger partial charge in [-0.2, -0.15) is 4.98 Å². The van der Waals surface area contributed by atoms with Crippen molar-refractivity contribution in [3.8, 4) is 0 Å². The van der Waals surface area contributed by atoms with Gasteiger partial charge < -0.3 is 16.0 Å². The molecule has 0 saturated heterocycles. The van der Waals surface area contributed by atoms with Gasteiger partial charge in [-0.25, -0.2) is 18.1 Å². The van der Waals surface area contributed by atoms with Gasteiger partial charge in [0.25, 0.3) is 0 Å². The maximum absolute atomic E-state index is 12.7. The molecule has 0 radical (unpaired) electrons. The summed E-state index contributed by atoms with van der Waals surface area (Å²) in [6.45, 7) is 1.76. The van der Waals surface area contributed by atoms with Crippen LogP contribution in [0.15, 0.2) is 47.5 Å². The summed E-state index contributed by atoms with van der Waals surface area (Å²) in [7, 11) is -3.60. The van der Waals surface area contributed by atoms with E-state index in [1.807, 2.05) is 18.2 Å². The number of aromatic nitrogens is 2. The van der Waals surface area contributed by atoms with Crippen LogP contribution in [0.3, 0.4) is 0 Å². The zero-order valence-electron chi connectivity index (χ0n) is 18.4. The van der Waals surface area contributed by atoms with Crippen LogP contribution in [0.1, 0.15) is 30.4 Å². The molecule has 2 aliphatic rings. The first kappa shape index (κ1) is 22.6. The first-order valence-electron chi connectivity index (χ1n) is 10.9. The number of nitrogens with one attached hydrogen (secondary N) is 4. The lowest BCUT2D eigenvalue weighted by atomic mass is 10.0. The molecule has 5 rings (SSSR count). The van der Waals surface area contributed by atoms with Crippen LogP contribution < -0.4 is 20.7 Å². The van der Waals surface area contributed by atoms with Crippen LogP contribution in [-0.2, 0) is 21.2 Å². The molecule has 4 N–H and O–H groups in total. The quantitative estimate of drug-likeness (QED) is 0.383. The summed E-state index contributed by atoms with van der Waals surface area (Å²) >= 11 is 6.31. The Hall–Kier alpha value is -3.21. The second-order valence-corrected chi connectivity index (χ2v) is 10.5. The Labute approximate surface area is 202 Å². The van der Waals surface area contributed by atoms with Gasteiger partial charge in [0.15, 0.2) is 5.82 Å². The van der Waals surface area contributed by atoms with E-state index in [0.29, 0.717) is 34.9 Å². The molecule has 34 heavy (non-hydrogen) atoms. The Bertz CT molecular complexity index is 1390. The molecular formula is C23H23ClN6O3S. The second-order valence-electron chi connectivity index (χ2n) is 8.44. The largest absolute Gasteiger partial charge is 0.339 e. The predicted octanol–water partition coefficient (Wildman–Crippen LogP) is 4.25. The maximum Gasteiger partial charge on any atom is 0.241 e. The number of sulfonamides is 1. The predicted molar refractivity (Wildman–Crippen MR) is 132 cm³/mol. The number of aryl methyl sites for hydroxylation is 2. The van der Waals surface area contributed by atoms with Crippen molar-refractivity contribution in [2.24, 2.45) is 0 Å². The number of benzene rings is 2. The maximum atomic E-state index is 12.7. The summed E-state index contributed by atoms with van der Waals surface area (Å²) < 4.78 is 28.1. The van der Waals surface area contributed by atoms with Crippen molar-refractivity contribution in [1.29, 1.82) is 0 Å². The van der Waals surface area contributed by atoms with E-state index in [0.717, 1.165) is 29.8 Å². The Balaban J connectivity index is 1.36. The van der Waals surface area contributed by atoms with Crippen molar-refractivity contribution in [3.63, 3.8) is 0 Å². The van der Waals surface area contributed by atoms with E-state index in [2.05, 4.69) is 30.6 Å². The Morgan fingerprint density at radius 1 is 1.06 bits per heavy atom. The fraction of sp³-hybridized carbons (Fsp3) is 0.261. The molecule has 2 heterocycles. The number of carbonyl (C=O) groups is 1. The lowest BCUT2D eigenvalue weighted by Gasteiger charge is -2.18.